The number of benzene rings is 1. The standard InChI is InChI=1S/C19H16N2O6/c1-2-25-19(24)15-14(11-5-3-10(8-20)4-6-11)17-16(27-18(15)21)13(23)7-12(9-22)26-17/h3-7,14,22H,2,9,21H2,1H3. The number of nitriles is 1. The number of carbonyl (C=O) groups is 1. The molecule has 1 aromatic carbocycles. The summed E-state index contributed by atoms with van der Waals surface area (Å²) in [6.07, 6.45) is 0. The molecule has 1 atom stereocenters. The summed E-state index contributed by atoms with van der Waals surface area (Å²) in [5, 5.41) is 18.4. The third kappa shape index (κ3) is 3.28. The second-order valence-electron chi connectivity index (χ2n) is 5.70. The molecule has 8 heteroatoms. The van der Waals surface area contributed by atoms with Gasteiger partial charge in [-0.05, 0) is 24.6 Å². The van der Waals surface area contributed by atoms with E-state index in [1.54, 1.807) is 31.2 Å². The van der Waals surface area contributed by atoms with Gasteiger partial charge in [0.25, 0.3) is 0 Å². The minimum Gasteiger partial charge on any atom is -0.462 e. The van der Waals surface area contributed by atoms with Crippen molar-refractivity contribution in [3.63, 3.8) is 0 Å². The van der Waals surface area contributed by atoms with Crippen LogP contribution in [-0.2, 0) is 16.1 Å². The molecular weight excluding hydrogens is 352 g/mol. The summed E-state index contributed by atoms with van der Waals surface area (Å²) in [6, 6.07) is 9.48. The van der Waals surface area contributed by atoms with Crippen LogP contribution in [0.3, 0.4) is 0 Å². The van der Waals surface area contributed by atoms with Crippen LogP contribution in [0.1, 0.15) is 35.5 Å². The molecular formula is C19H16N2O6. The highest BCUT2D eigenvalue weighted by Crippen LogP contribution is 2.41. The van der Waals surface area contributed by atoms with E-state index in [0.29, 0.717) is 11.1 Å². The van der Waals surface area contributed by atoms with Gasteiger partial charge in [0.15, 0.2) is 5.76 Å². The molecule has 0 fully saturated rings. The molecule has 0 saturated carbocycles. The van der Waals surface area contributed by atoms with E-state index in [1.165, 1.54) is 0 Å². The molecule has 2 heterocycles. The highest BCUT2D eigenvalue weighted by atomic mass is 16.5. The molecule has 1 aliphatic rings. The Balaban J connectivity index is 2.25. The molecule has 1 aliphatic heterocycles. The molecule has 0 saturated heterocycles. The van der Waals surface area contributed by atoms with Gasteiger partial charge in [-0.15, -0.1) is 0 Å². The van der Waals surface area contributed by atoms with E-state index in [0.717, 1.165) is 6.07 Å². The minimum atomic E-state index is -0.889. The van der Waals surface area contributed by atoms with Gasteiger partial charge >= 0.3 is 5.97 Å². The van der Waals surface area contributed by atoms with Crippen molar-refractivity contribution in [3.05, 3.63) is 74.7 Å². The molecule has 3 N–H and O–H groups in total. The molecule has 0 aliphatic carbocycles. The first-order valence-electron chi connectivity index (χ1n) is 8.12. The number of ether oxygens (including phenoxy) is 2. The highest BCUT2D eigenvalue weighted by Gasteiger charge is 2.39. The van der Waals surface area contributed by atoms with Gasteiger partial charge in [0.2, 0.25) is 17.1 Å². The zero-order chi connectivity index (χ0) is 19.6. The predicted octanol–water partition coefficient (Wildman–Crippen LogP) is 1.26. The van der Waals surface area contributed by atoms with E-state index in [9.17, 15) is 14.7 Å². The van der Waals surface area contributed by atoms with Crippen molar-refractivity contribution in [1.29, 1.82) is 5.26 Å². The Labute approximate surface area is 154 Å². The largest absolute Gasteiger partial charge is 0.462 e. The molecule has 0 radical (unpaired) electrons. The number of aliphatic hydroxyl groups is 1. The summed E-state index contributed by atoms with van der Waals surface area (Å²) in [6.45, 7) is 1.26. The molecule has 1 unspecified atom stereocenters. The van der Waals surface area contributed by atoms with Gasteiger partial charge < -0.3 is 24.7 Å². The number of carbonyl (C=O) groups excluding carboxylic acids is 1. The van der Waals surface area contributed by atoms with E-state index >= 15 is 0 Å². The molecule has 0 spiro atoms. The van der Waals surface area contributed by atoms with Crippen LogP contribution >= 0.6 is 0 Å². The van der Waals surface area contributed by atoms with Crippen molar-refractivity contribution >= 4 is 5.97 Å². The summed E-state index contributed by atoms with van der Waals surface area (Å²) in [5.41, 5.74) is 6.33. The smallest absolute Gasteiger partial charge is 0.340 e. The van der Waals surface area contributed by atoms with Gasteiger partial charge in [-0.2, -0.15) is 5.26 Å². The summed E-state index contributed by atoms with van der Waals surface area (Å²) in [4.78, 5) is 24.8. The summed E-state index contributed by atoms with van der Waals surface area (Å²) < 4.78 is 16.0. The second kappa shape index (κ2) is 7.35. The number of hydrogen-bond donors (Lipinski definition) is 2. The SMILES string of the molecule is CCOC(=O)C1=C(N)Oc2c(oc(CO)cc2=O)C1c1ccc(C#N)cc1. The van der Waals surface area contributed by atoms with Gasteiger partial charge in [-0.1, -0.05) is 12.1 Å². The number of rotatable bonds is 4. The number of fused-ring (bicyclic) bond motifs is 1. The van der Waals surface area contributed by atoms with Gasteiger partial charge in [-0.25, -0.2) is 4.79 Å². The van der Waals surface area contributed by atoms with Crippen molar-refractivity contribution in [3.8, 4) is 11.8 Å². The number of nitrogens with two attached hydrogens (primary N) is 1. The lowest BCUT2D eigenvalue weighted by Crippen LogP contribution is -2.30. The zero-order valence-electron chi connectivity index (χ0n) is 14.4. The predicted molar refractivity (Wildman–Crippen MR) is 92.4 cm³/mol. The monoisotopic (exact) mass is 368 g/mol. The first-order valence-corrected chi connectivity index (χ1v) is 8.12. The Morgan fingerprint density at radius 3 is 2.67 bits per heavy atom. The average Bonchev–Trinajstić information content (AvgIpc) is 2.67. The van der Waals surface area contributed by atoms with Crippen LogP contribution in [0, 0.1) is 11.3 Å². The number of aliphatic hydroxyl groups excluding tert-OH is 1. The van der Waals surface area contributed by atoms with Crippen molar-refractivity contribution in [2.24, 2.45) is 5.73 Å². The second-order valence-corrected chi connectivity index (χ2v) is 5.70. The third-order valence-electron chi connectivity index (χ3n) is 4.03. The topological polar surface area (TPSA) is 136 Å². The third-order valence-corrected chi connectivity index (χ3v) is 4.03. The fourth-order valence-electron chi connectivity index (χ4n) is 2.85. The molecule has 2 aromatic rings. The van der Waals surface area contributed by atoms with E-state index in [4.69, 9.17) is 24.9 Å². The molecule has 3 rings (SSSR count). The van der Waals surface area contributed by atoms with Crippen molar-refractivity contribution in [2.75, 3.05) is 6.61 Å². The van der Waals surface area contributed by atoms with Crippen LogP contribution in [0.5, 0.6) is 5.75 Å². The average molecular weight is 368 g/mol. The van der Waals surface area contributed by atoms with Crippen LogP contribution in [0.25, 0.3) is 0 Å². The van der Waals surface area contributed by atoms with E-state index in [1.807, 2.05) is 6.07 Å². The van der Waals surface area contributed by atoms with Crippen molar-refractivity contribution in [1.82, 2.24) is 0 Å². The normalized spacial score (nSPS) is 15.5. The molecule has 0 amide bonds. The van der Waals surface area contributed by atoms with Gasteiger partial charge in [0, 0.05) is 6.07 Å². The van der Waals surface area contributed by atoms with Gasteiger partial charge in [-0.3, -0.25) is 4.79 Å². The minimum absolute atomic E-state index is 0.0182. The lowest BCUT2D eigenvalue weighted by Gasteiger charge is -2.26. The fourth-order valence-corrected chi connectivity index (χ4v) is 2.85. The van der Waals surface area contributed by atoms with Crippen LogP contribution in [0.4, 0.5) is 0 Å². The van der Waals surface area contributed by atoms with Crippen LogP contribution in [-0.4, -0.2) is 17.7 Å². The summed E-state index contributed by atoms with van der Waals surface area (Å²) >= 11 is 0. The summed E-state index contributed by atoms with van der Waals surface area (Å²) in [7, 11) is 0. The lowest BCUT2D eigenvalue weighted by atomic mass is 9.86. The molecule has 1 aromatic heterocycles. The number of esters is 1. The zero-order valence-corrected chi connectivity index (χ0v) is 14.4. The van der Waals surface area contributed by atoms with E-state index in [2.05, 4.69) is 0 Å². The fraction of sp³-hybridized carbons (Fsp3) is 0.211. The molecule has 8 nitrogen and oxygen atoms in total. The van der Waals surface area contributed by atoms with Crippen LogP contribution in [0.2, 0.25) is 0 Å². The lowest BCUT2D eigenvalue weighted by molar-refractivity contribution is -0.139. The first kappa shape index (κ1) is 18.2. The Bertz CT molecular complexity index is 1010. The Morgan fingerprint density at radius 2 is 2.07 bits per heavy atom. The Morgan fingerprint density at radius 1 is 1.37 bits per heavy atom. The van der Waals surface area contributed by atoms with Gasteiger partial charge in [0.1, 0.15) is 17.9 Å². The van der Waals surface area contributed by atoms with E-state index < -0.39 is 23.9 Å². The maximum atomic E-state index is 12.5. The molecule has 27 heavy (non-hydrogen) atoms. The maximum absolute atomic E-state index is 12.5. The Kier molecular flexibility index (Phi) is 4.96. The van der Waals surface area contributed by atoms with Crippen LogP contribution in [0.15, 0.2) is 51.0 Å². The van der Waals surface area contributed by atoms with Gasteiger partial charge in [0.05, 0.1) is 24.2 Å². The van der Waals surface area contributed by atoms with Crippen molar-refractivity contribution in [2.45, 2.75) is 19.4 Å². The maximum Gasteiger partial charge on any atom is 0.340 e. The quantitative estimate of drug-likeness (QED) is 0.770. The van der Waals surface area contributed by atoms with Crippen molar-refractivity contribution < 1.29 is 23.8 Å². The molecule has 0 bridgehead atoms. The van der Waals surface area contributed by atoms with Crippen LogP contribution < -0.4 is 15.9 Å². The first-order chi connectivity index (χ1) is 13.0. The Hall–Kier alpha value is -3.57. The molecule has 138 valence electrons. The van der Waals surface area contributed by atoms with E-state index in [-0.39, 0.29) is 35.3 Å². The number of hydrogen-bond acceptors (Lipinski definition) is 8. The summed E-state index contributed by atoms with van der Waals surface area (Å²) in [5.74, 6) is -1.98. The number of nitrogens with zero attached hydrogens (tertiary/aromatic N) is 1. The highest BCUT2D eigenvalue weighted by molar-refractivity contribution is 5.92.